The van der Waals surface area contributed by atoms with Gasteiger partial charge in [0.05, 0.1) is 43.5 Å². The second-order valence-electron chi connectivity index (χ2n) is 10.1. The second-order valence-corrected chi connectivity index (χ2v) is 12.6. The van der Waals surface area contributed by atoms with E-state index in [2.05, 4.69) is 10.0 Å². The molecule has 2 fully saturated rings. The Morgan fingerprint density at radius 2 is 1.71 bits per heavy atom. The molecule has 0 spiro atoms. The normalized spacial score (nSPS) is 19.7. The molecule has 0 amide bonds. The van der Waals surface area contributed by atoms with Crippen molar-refractivity contribution in [2.45, 2.75) is 50.0 Å². The minimum Gasteiger partial charge on any atom is -0.495 e. The van der Waals surface area contributed by atoms with Crippen molar-refractivity contribution in [1.82, 2.24) is 10.0 Å². The fourth-order valence-electron chi connectivity index (χ4n) is 5.37. The van der Waals surface area contributed by atoms with Gasteiger partial charge in [0.15, 0.2) is 5.75 Å². The molecule has 4 rings (SSSR count). The number of nitrogens with one attached hydrogen (secondary N) is 2. The summed E-state index contributed by atoms with van der Waals surface area (Å²) in [6.45, 7) is 1.81. The Morgan fingerprint density at radius 3 is 2.32 bits per heavy atom. The van der Waals surface area contributed by atoms with E-state index in [-0.39, 0.29) is 64.5 Å². The second kappa shape index (κ2) is 14.1. The molecule has 2 saturated carbocycles. The van der Waals surface area contributed by atoms with Gasteiger partial charge in [0.25, 0.3) is 0 Å². The summed E-state index contributed by atoms with van der Waals surface area (Å²) in [5.74, 6) is 0.563. The molecule has 0 saturated heterocycles. The molecular weight excluding hydrogens is 595 g/mol. The van der Waals surface area contributed by atoms with E-state index in [0.717, 1.165) is 25.7 Å². The molecule has 41 heavy (non-hydrogen) atoms. The Bertz CT molecular complexity index is 1350. The van der Waals surface area contributed by atoms with Gasteiger partial charge in [0, 0.05) is 18.5 Å². The van der Waals surface area contributed by atoms with Crippen molar-refractivity contribution >= 4 is 45.2 Å². The maximum Gasteiger partial charge on any atom is 0.319 e. The largest absolute Gasteiger partial charge is 0.495 e. The Morgan fingerprint density at radius 1 is 1.00 bits per heavy atom. The first-order chi connectivity index (χ1) is 19.6. The van der Waals surface area contributed by atoms with E-state index in [0.29, 0.717) is 23.8 Å². The van der Waals surface area contributed by atoms with Gasteiger partial charge in [-0.25, -0.2) is 13.1 Å². The van der Waals surface area contributed by atoms with Gasteiger partial charge in [-0.15, -0.1) is 0 Å². The Labute approximate surface area is 250 Å². The zero-order valence-electron chi connectivity index (χ0n) is 22.9. The summed E-state index contributed by atoms with van der Waals surface area (Å²) in [5, 5.41) is 3.06. The van der Waals surface area contributed by atoms with E-state index in [1.807, 2.05) is 0 Å². The molecular formula is C28H34Cl2N2O8S. The highest BCUT2D eigenvalue weighted by atomic mass is 35.5. The molecule has 2 bridgehead atoms. The van der Waals surface area contributed by atoms with Crippen LogP contribution in [0.5, 0.6) is 17.2 Å². The number of fused-ring (bicyclic) bond motifs is 2. The Hall–Kier alpha value is -2.57. The van der Waals surface area contributed by atoms with Gasteiger partial charge in [-0.2, -0.15) is 0 Å². The molecule has 13 heteroatoms. The van der Waals surface area contributed by atoms with Crippen LogP contribution < -0.4 is 19.5 Å². The van der Waals surface area contributed by atoms with Crippen molar-refractivity contribution < 1.29 is 37.0 Å². The molecule has 2 aromatic rings. The summed E-state index contributed by atoms with van der Waals surface area (Å²) in [5.41, 5.74) is 0.702. The Balaban J connectivity index is 1.37. The van der Waals surface area contributed by atoms with Crippen molar-refractivity contribution in [3.8, 4) is 17.2 Å². The van der Waals surface area contributed by atoms with Gasteiger partial charge in [0.2, 0.25) is 10.0 Å². The summed E-state index contributed by atoms with van der Waals surface area (Å²) in [6.07, 6.45) is 4.46. The van der Waals surface area contributed by atoms with Gasteiger partial charge in [0.1, 0.15) is 16.4 Å². The number of halogens is 2. The quantitative estimate of drug-likeness (QED) is 0.290. The van der Waals surface area contributed by atoms with Crippen LogP contribution in [0.15, 0.2) is 35.2 Å². The molecule has 2 aliphatic rings. The van der Waals surface area contributed by atoms with Crippen molar-refractivity contribution in [2.75, 3.05) is 33.4 Å². The Kier molecular flexibility index (Phi) is 10.8. The first-order valence-corrected chi connectivity index (χ1v) is 15.7. The van der Waals surface area contributed by atoms with E-state index in [1.54, 1.807) is 25.1 Å². The van der Waals surface area contributed by atoms with E-state index < -0.39 is 22.0 Å². The summed E-state index contributed by atoms with van der Waals surface area (Å²) >= 11 is 12.9. The van der Waals surface area contributed by atoms with Crippen LogP contribution in [0.2, 0.25) is 10.0 Å². The number of hydrogen-bond donors (Lipinski definition) is 2. The van der Waals surface area contributed by atoms with Crippen LogP contribution in [-0.2, 0) is 35.5 Å². The van der Waals surface area contributed by atoms with E-state index in [4.69, 9.17) is 42.1 Å². The standard InChI is InChI=1S/C28H34Cl2N2O8S/c1-3-38-26(33)15-31-16-27(34)39-9-8-18-11-21(29)28(22(30)12-18)40-20-6-7-24(37-2)25(14-20)41(35,36)32-23-13-17-4-5-19(23)10-17/h6-7,11-12,14,17,19,23,31-32H,3-5,8-10,13,15-16H2,1-2H3. The molecule has 3 atom stereocenters. The zero-order valence-corrected chi connectivity index (χ0v) is 25.2. The SMILES string of the molecule is CCOC(=O)CNCC(=O)OCCc1cc(Cl)c(Oc2ccc(OC)c(S(=O)(=O)NC3CC4CCC3C4)c2)c(Cl)c1. The lowest BCUT2D eigenvalue weighted by molar-refractivity contribution is -0.143. The van der Waals surface area contributed by atoms with Gasteiger partial charge >= 0.3 is 11.9 Å². The first-order valence-electron chi connectivity index (χ1n) is 13.5. The van der Waals surface area contributed by atoms with Crippen LogP contribution in [-0.4, -0.2) is 59.8 Å². The highest BCUT2D eigenvalue weighted by Crippen LogP contribution is 2.45. The molecule has 0 radical (unpaired) electrons. The number of benzene rings is 2. The number of hydrogen-bond acceptors (Lipinski definition) is 9. The topological polar surface area (TPSA) is 129 Å². The van der Waals surface area contributed by atoms with Crippen molar-refractivity contribution in [3.05, 3.63) is 45.9 Å². The average molecular weight is 630 g/mol. The van der Waals surface area contributed by atoms with Crippen LogP contribution in [0.4, 0.5) is 0 Å². The molecule has 3 unspecified atom stereocenters. The average Bonchev–Trinajstić information content (AvgIpc) is 3.54. The van der Waals surface area contributed by atoms with Crippen molar-refractivity contribution in [3.63, 3.8) is 0 Å². The third-order valence-corrected chi connectivity index (χ3v) is 9.32. The number of ether oxygens (including phenoxy) is 4. The van der Waals surface area contributed by atoms with Crippen LogP contribution in [0.3, 0.4) is 0 Å². The number of rotatable bonds is 14. The summed E-state index contributed by atoms with van der Waals surface area (Å²) in [7, 11) is -2.46. The fourth-order valence-corrected chi connectivity index (χ4v) is 7.48. The van der Waals surface area contributed by atoms with Gasteiger partial charge in [-0.3, -0.25) is 14.9 Å². The molecule has 224 valence electrons. The number of methoxy groups -OCH3 is 1. The van der Waals surface area contributed by atoms with E-state index >= 15 is 0 Å². The lowest BCUT2D eigenvalue weighted by Crippen LogP contribution is -2.38. The molecule has 2 N–H and O–H groups in total. The molecule has 0 heterocycles. The third kappa shape index (κ3) is 8.26. The van der Waals surface area contributed by atoms with Gasteiger partial charge in [-0.1, -0.05) is 29.6 Å². The predicted molar refractivity (Wildman–Crippen MR) is 153 cm³/mol. The summed E-state index contributed by atoms with van der Waals surface area (Å²) in [6, 6.07) is 7.68. The highest BCUT2D eigenvalue weighted by molar-refractivity contribution is 7.89. The van der Waals surface area contributed by atoms with Gasteiger partial charge in [-0.05, 0) is 67.9 Å². The summed E-state index contributed by atoms with van der Waals surface area (Å²) in [4.78, 5) is 23.1. The molecule has 2 aliphatic carbocycles. The van der Waals surface area contributed by atoms with E-state index in [9.17, 15) is 18.0 Å². The lowest BCUT2D eigenvalue weighted by Gasteiger charge is -2.23. The fraction of sp³-hybridized carbons (Fsp3) is 0.500. The van der Waals surface area contributed by atoms with Crippen LogP contribution in [0.25, 0.3) is 0 Å². The number of esters is 2. The first kappa shape index (κ1) is 31.4. The van der Waals surface area contributed by atoms with Crippen molar-refractivity contribution in [2.24, 2.45) is 11.8 Å². The minimum absolute atomic E-state index is 0.0253. The van der Waals surface area contributed by atoms with Crippen molar-refractivity contribution in [1.29, 1.82) is 0 Å². The molecule has 0 aliphatic heterocycles. The monoisotopic (exact) mass is 628 g/mol. The van der Waals surface area contributed by atoms with Crippen LogP contribution in [0.1, 0.15) is 38.2 Å². The number of carbonyl (C=O) groups is 2. The molecule has 0 aromatic heterocycles. The maximum absolute atomic E-state index is 13.3. The maximum atomic E-state index is 13.3. The highest BCUT2D eigenvalue weighted by Gasteiger charge is 2.41. The predicted octanol–water partition coefficient (Wildman–Crippen LogP) is 4.50. The van der Waals surface area contributed by atoms with E-state index in [1.165, 1.54) is 19.2 Å². The smallest absolute Gasteiger partial charge is 0.319 e. The number of carbonyl (C=O) groups excluding carboxylic acids is 2. The molecule has 10 nitrogen and oxygen atoms in total. The van der Waals surface area contributed by atoms with Crippen LogP contribution >= 0.6 is 23.2 Å². The van der Waals surface area contributed by atoms with Crippen LogP contribution in [0, 0.1) is 11.8 Å². The van der Waals surface area contributed by atoms with Gasteiger partial charge < -0.3 is 18.9 Å². The minimum atomic E-state index is -3.87. The third-order valence-electron chi connectivity index (χ3n) is 7.24. The summed E-state index contributed by atoms with van der Waals surface area (Å²) < 4.78 is 50.7. The zero-order chi connectivity index (χ0) is 29.6. The number of sulfonamides is 1. The molecule has 2 aromatic carbocycles. The lowest BCUT2D eigenvalue weighted by atomic mass is 9.96.